The molecule has 35 heavy (non-hydrogen) atoms. The normalized spacial score (nSPS) is 11.7. The van der Waals surface area contributed by atoms with Gasteiger partial charge in [-0.25, -0.2) is 9.37 Å². The number of aryl methyl sites for hydroxylation is 1. The number of imidazole rings is 1. The molecule has 174 valence electrons. The van der Waals surface area contributed by atoms with Crippen molar-refractivity contribution < 1.29 is 4.39 Å². The molecule has 0 unspecified atom stereocenters. The van der Waals surface area contributed by atoms with E-state index >= 15 is 0 Å². The number of benzene rings is 3. The van der Waals surface area contributed by atoms with Gasteiger partial charge in [-0.05, 0) is 73.1 Å². The van der Waals surface area contributed by atoms with Gasteiger partial charge < -0.3 is 14.9 Å². The predicted octanol–water partition coefficient (Wildman–Crippen LogP) is 5.95. The molecule has 0 fully saturated rings. The lowest BCUT2D eigenvalue weighted by molar-refractivity contribution is 0.624. The first-order valence-corrected chi connectivity index (χ1v) is 11.5. The van der Waals surface area contributed by atoms with Gasteiger partial charge in [0.25, 0.3) is 0 Å². The van der Waals surface area contributed by atoms with E-state index in [4.69, 9.17) is 0 Å². The monoisotopic (exact) mass is 464 g/mol. The number of H-pyrrole nitrogens is 2. The molecule has 0 spiro atoms. The predicted molar refractivity (Wildman–Crippen MR) is 138 cm³/mol. The Morgan fingerprint density at radius 3 is 2.66 bits per heavy atom. The number of halogens is 1. The largest absolute Gasteiger partial charge is 0.353 e. The zero-order chi connectivity index (χ0) is 24.1. The fraction of sp³-hybridized carbons (Fsp3) is 0.143. The fourth-order valence-corrected chi connectivity index (χ4v) is 4.80. The van der Waals surface area contributed by atoms with Crippen molar-refractivity contribution in [3.05, 3.63) is 84.1 Å². The zero-order valence-electron chi connectivity index (χ0n) is 19.8. The minimum Gasteiger partial charge on any atom is -0.353 e. The summed E-state index contributed by atoms with van der Waals surface area (Å²) in [4.78, 5) is 7.96. The molecule has 6 aromatic rings. The SMILES string of the molecule is CNCc1cc(F)cc(-c2cccc3[nH]c(-c4n[nH]c5ccc(-c6cnc(C)n6C)cc45)cc23)c1. The highest BCUT2D eigenvalue weighted by atomic mass is 19.1. The minimum atomic E-state index is -0.239. The number of nitrogens with zero attached hydrogens (tertiary/aromatic N) is 3. The highest BCUT2D eigenvalue weighted by molar-refractivity contribution is 6.01. The van der Waals surface area contributed by atoms with Crippen LogP contribution in [0.15, 0.2) is 66.9 Å². The number of hydrogen-bond donors (Lipinski definition) is 3. The number of aromatic nitrogens is 5. The Labute approximate surface area is 201 Å². The van der Waals surface area contributed by atoms with Crippen molar-refractivity contribution in [2.24, 2.45) is 7.05 Å². The summed E-state index contributed by atoms with van der Waals surface area (Å²) >= 11 is 0. The van der Waals surface area contributed by atoms with Crippen LogP contribution in [0.4, 0.5) is 4.39 Å². The van der Waals surface area contributed by atoms with Gasteiger partial charge in [0.15, 0.2) is 0 Å². The third-order valence-electron chi connectivity index (χ3n) is 6.65. The Morgan fingerprint density at radius 2 is 1.86 bits per heavy atom. The van der Waals surface area contributed by atoms with Gasteiger partial charge in [0, 0.05) is 35.4 Å². The van der Waals surface area contributed by atoms with E-state index in [1.807, 2.05) is 57.5 Å². The van der Waals surface area contributed by atoms with Gasteiger partial charge in [-0.1, -0.05) is 18.2 Å². The summed E-state index contributed by atoms with van der Waals surface area (Å²) in [5.41, 5.74) is 8.57. The molecule has 7 heteroatoms. The molecule has 6 nitrogen and oxygen atoms in total. The van der Waals surface area contributed by atoms with Crippen molar-refractivity contribution in [2.75, 3.05) is 7.05 Å². The summed E-state index contributed by atoms with van der Waals surface area (Å²) in [7, 11) is 3.88. The first-order chi connectivity index (χ1) is 17.0. The molecule has 0 radical (unpaired) electrons. The van der Waals surface area contributed by atoms with Crippen LogP contribution in [0.5, 0.6) is 0 Å². The number of hydrogen-bond acceptors (Lipinski definition) is 3. The summed E-state index contributed by atoms with van der Waals surface area (Å²) in [5.74, 6) is 0.725. The smallest absolute Gasteiger partial charge is 0.124 e. The van der Waals surface area contributed by atoms with Crippen molar-refractivity contribution in [1.82, 2.24) is 30.0 Å². The molecule has 6 rings (SSSR count). The molecule has 0 bridgehead atoms. The topological polar surface area (TPSA) is 74.3 Å². The standard InChI is InChI=1S/C28H25FN6/c1-16-31-15-27(35(16)3)18-7-8-25-23(12-18)28(34-33-25)26-13-22-21(5-4-6-24(22)32-26)19-9-17(14-30-2)10-20(29)11-19/h4-13,15,30,32H,14H2,1-3H3,(H,33,34). The van der Waals surface area contributed by atoms with E-state index in [1.165, 1.54) is 0 Å². The van der Waals surface area contributed by atoms with E-state index in [2.05, 4.69) is 48.2 Å². The van der Waals surface area contributed by atoms with Crippen LogP contribution in [-0.4, -0.2) is 31.8 Å². The summed E-state index contributed by atoms with van der Waals surface area (Å²) in [5, 5.41) is 12.9. The molecule has 0 aliphatic rings. The Bertz CT molecular complexity index is 1700. The van der Waals surface area contributed by atoms with E-state index in [-0.39, 0.29) is 5.82 Å². The lowest BCUT2D eigenvalue weighted by atomic mass is 9.99. The van der Waals surface area contributed by atoms with Gasteiger partial charge in [0.05, 0.1) is 23.1 Å². The van der Waals surface area contributed by atoms with Crippen LogP contribution in [0, 0.1) is 12.7 Å². The average molecular weight is 465 g/mol. The van der Waals surface area contributed by atoms with Crippen molar-refractivity contribution in [3.8, 4) is 33.8 Å². The van der Waals surface area contributed by atoms with Crippen molar-refractivity contribution in [3.63, 3.8) is 0 Å². The van der Waals surface area contributed by atoms with Crippen molar-refractivity contribution in [2.45, 2.75) is 13.5 Å². The maximum Gasteiger partial charge on any atom is 0.124 e. The van der Waals surface area contributed by atoms with Crippen LogP contribution < -0.4 is 5.32 Å². The van der Waals surface area contributed by atoms with Crippen molar-refractivity contribution in [1.29, 1.82) is 0 Å². The number of aromatic amines is 2. The molecule has 0 atom stereocenters. The minimum absolute atomic E-state index is 0.239. The van der Waals surface area contributed by atoms with E-state index < -0.39 is 0 Å². The summed E-state index contributed by atoms with van der Waals surface area (Å²) in [6.07, 6.45) is 1.90. The van der Waals surface area contributed by atoms with E-state index in [0.29, 0.717) is 6.54 Å². The van der Waals surface area contributed by atoms with Gasteiger partial charge in [-0.2, -0.15) is 5.10 Å². The molecule has 0 aliphatic carbocycles. The molecule has 3 aromatic heterocycles. The maximum absolute atomic E-state index is 14.4. The molecule has 3 aromatic carbocycles. The van der Waals surface area contributed by atoms with Crippen LogP contribution in [0.25, 0.3) is 55.6 Å². The average Bonchev–Trinajstić information content (AvgIpc) is 3.55. The van der Waals surface area contributed by atoms with Crippen LogP contribution in [0.2, 0.25) is 0 Å². The summed E-state index contributed by atoms with van der Waals surface area (Å²) < 4.78 is 16.5. The van der Waals surface area contributed by atoms with Gasteiger partial charge in [0.1, 0.15) is 17.3 Å². The quantitative estimate of drug-likeness (QED) is 0.295. The number of rotatable bonds is 5. The van der Waals surface area contributed by atoms with Crippen LogP contribution >= 0.6 is 0 Å². The van der Waals surface area contributed by atoms with Crippen LogP contribution in [-0.2, 0) is 13.6 Å². The zero-order valence-corrected chi connectivity index (χ0v) is 19.8. The molecular weight excluding hydrogens is 439 g/mol. The molecule has 0 saturated carbocycles. The third kappa shape index (κ3) is 3.61. The highest BCUT2D eigenvalue weighted by Gasteiger charge is 2.16. The maximum atomic E-state index is 14.4. The Morgan fingerprint density at radius 1 is 0.971 bits per heavy atom. The van der Waals surface area contributed by atoms with E-state index in [9.17, 15) is 4.39 Å². The second kappa shape index (κ2) is 8.21. The Hall–Kier alpha value is -4.23. The second-order valence-electron chi connectivity index (χ2n) is 8.91. The van der Waals surface area contributed by atoms with Gasteiger partial charge in [-0.3, -0.25) is 5.10 Å². The number of fused-ring (bicyclic) bond motifs is 2. The summed E-state index contributed by atoms with van der Waals surface area (Å²) in [6.45, 7) is 2.60. The summed E-state index contributed by atoms with van der Waals surface area (Å²) in [6, 6.07) is 19.6. The van der Waals surface area contributed by atoms with E-state index in [1.54, 1.807) is 12.1 Å². The first kappa shape index (κ1) is 21.3. The van der Waals surface area contributed by atoms with E-state index in [0.717, 1.165) is 67.0 Å². The fourth-order valence-electron chi connectivity index (χ4n) is 4.80. The Kier molecular flexibility index (Phi) is 5.00. The highest BCUT2D eigenvalue weighted by Crippen LogP contribution is 2.35. The second-order valence-corrected chi connectivity index (χ2v) is 8.91. The molecular formula is C28H25FN6. The van der Waals surface area contributed by atoms with Crippen LogP contribution in [0.3, 0.4) is 0 Å². The Balaban J connectivity index is 1.49. The molecule has 0 amide bonds. The molecule has 3 heterocycles. The third-order valence-corrected chi connectivity index (χ3v) is 6.65. The lowest BCUT2D eigenvalue weighted by Crippen LogP contribution is -2.05. The van der Waals surface area contributed by atoms with Gasteiger partial charge in [0.2, 0.25) is 0 Å². The molecule has 3 N–H and O–H groups in total. The lowest BCUT2D eigenvalue weighted by Gasteiger charge is -2.07. The van der Waals surface area contributed by atoms with Gasteiger partial charge in [-0.15, -0.1) is 0 Å². The number of nitrogens with one attached hydrogen (secondary N) is 3. The molecule has 0 aliphatic heterocycles. The van der Waals surface area contributed by atoms with Crippen molar-refractivity contribution >= 4 is 21.8 Å². The molecule has 0 saturated heterocycles. The van der Waals surface area contributed by atoms with Crippen LogP contribution in [0.1, 0.15) is 11.4 Å². The first-order valence-electron chi connectivity index (χ1n) is 11.5. The van der Waals surface area contributed by atoms with Gasteiger partial charge >= 0.3 is 0 Å².